The molecular weight excluding hydrogens is 386 g/mol. The molecule has 2 rings (SSSR count). The molecule has 0 saturated heterocycles. The van der Waals surface area contributed by atoms with Crippen molar-refractivity contribution < 1.29 is 18.1 Å². The smallest absolute Gasteiger partial charge is 0.275 e. The van der Waals surface area contributed by atoms with E-state index in [1.165, 1.54) is 19.2 Å². The maximum atomic E-state index is 12.4. The van der Waals surface area contributed by atoms with Crippen LogP contribution < -0.4 is 9.46 Å². The van der Waals surface area contributed by atoms with Crippen molar-refractivity contribution in [2.75, 3.05) is 11.8 Å². The molecule has 136 valence electrons. The second-order valence-electron chi connectivity index (χ2n) is 4.94. The van der Waals surface area contributed by atoms with Crippen molar-refractivity contribution in [1.29, 1.82) is 5.26 Å². The molecule has 0 amide bonds. The van der Waals surface area contributed by atoms with E-state index in [4.69, 9.17) is 21.6 Å². The molecule has 10 nitrogen and oxygen atoms in total. The van der Waals surface area contributed by atoms with Crippen molar-refractivity contribution in [2.24, 2.45) is 0 Å². The van der Waals surface area contributed by atoms with E-state index in [2.05, 4.69) is 14.7 Å². The van der Waals surface area contributed by atoms with Crippen LogP contribution in [0.5, 0.6) is 5.88 Å². The number of hydrogen-bond donors (Lipinski definition) is 1. The summed E-state index contributed by atoms with van der Waals surface area (Å²) < 4.78 is 32.0. The topological polar surface area (TPSA) is 148 Å². The van der Waals surface area contributed by atoms with Crippen LogP contribution in [-0.4, -0.2) is 30.4 Å². The van der Waals surface area contributed by atoms with Crippen molar-refractivity contribution in [2.45, 2.75) is 12.2 Å². The molecule has 0 atom stereocenters. The van der Waals surface area contributed by atoms with Gasteiger partial charge in [0.15, 0.2) is 0 Å². The van der Waals surface area contributed by atoms with Crippen molar-refractivity contribution in [3.8, 4) is 11.9 Å². The van der Waals surface area contributed by atoms with Gasteiger partial charge in [-0.2, -0.15) is 10.2 Å². The normalized spacial score (nSPS) is 10.8. The van der Waals surface area contributed by atoms with Gasteiger partial charge in [-0.15, -0.1) is 0 Å². The molecule has 2 aromatic rings. The molecule has 0 aliphatic carbocycles. The zero-order valence-corrected chi connectivity index (χ0v) is 14.9. The van der Waals surface area contributed by atoms with Gasteiger partial charge in [0, 0.05) is 16.7 Å². The zero-order chi connectivity index (χ0) is 19.3. The summed E-state index contributed by atoms with van der Waals surface area (Å²) in [5.74, 6) is -0.566. The van der Waals surface area contributed by atoms with Crippen LogP contribution >= 0.6 is 11.6 Å². The number of halogens is 1. The van der Waals surface area contributed by atoms with Gasteiger partial charge in [-0.1, -0.05) is 11.6 Å². The molecular formula is C14H12ClN5O5S. The van der Waals surface area contributed by atoms with E-state index in [0.717, 1.165) is 12.3 Å². The minimum atomic E-state index is -4.04. The molecule has 0 bridgehead atoms. The summed E-state index contributed by atoms with van der Waals surface area (Å²) in [6.45, 7) is 0. The number of nitrogens with one attached hydrogen (secondary N) is 1. The number of nitro groups is 1. The van der Waals surface area contributed by atoms with Crippen LogP contribution in [0.15, 0.2) is 24.4 Å². The molecule has 0 aliphatic heterocycles. The van der Waals surface area contributed by atoms with Crippen LogP contribution in [0.4, 0.5) is 11.4 Å². The Balaban J connectivity index is 2.30. The predicted octanol–water partition coefficient (Wildman–Crippen LogP) is 2.05. The lowest BCUT2D eigenvalue weighted by Gasteiger charge is -2.11. The first kappa shape index (κ1) is 19.4. The van der Waals surface area contributed by atoms with Gasteiger partial charge in [-0.3, -0.25) is 14.8 Å². The third-order valence-corrected chi connectivity index (χ3v) is 4.55. The molecule has 1 N–H and O–H groups in total. The number of methoxy groups -OCH3 is 1. The average Bonchev–Trinajstić information content (AvgIpc) is 2.57. The number of anilines is 1. The molecule has 0 radical (unpaired) electrons. The summed E-state index contributed by atoms with van der Waals surface area (Å²) in [4.78, 5) is 18.2. The summed E-state index contributed by atoms with van der Waals surface area (Å²) in [7, 11) is -2.76. The van der Waals surface area contributed by atoms with E-state index in [1.807, 2.05) is 6.07 Å². The third kappa shape index (κ3) is 4.78. The van der Waals surface area contributed by atoms with Crippen LogP contribution in [0, 0.1) is 21.4 Å². The van der Waals surface area contributed by atoms with Crippen molar-refractivity contribution in [3.05, 3.63) is 50.9 Å². The molecule has 1 aromatic heterocycles. The summed E-state index contributed by atoms with van der Waals surface area (Å²) >= 11 is 5.72. The number of nitriles is 1. The van der Waals surface area contributed by atoms with E-state index in [-0.39, 0.29) is 34.4 Å². The van der Waals surface area contributed by atoms with Gasteiger partial charge >= 0.3 is 0 Å². The van der Waals surface area contributed by atoms with Crippen molar-refractivity contribution >= 4 is 33.0 Å². The highest BCUT2D eigenvalue weighted by molar-refractivity contribution is 7.91. The van der Waals surface area contributed by atoms with Crippen LogP contribution in [0.2, 0.25) is 5.02 Å². The van der Waals surface area contributed by atoms with Gasteiger partial charge in [-0.25, -0.2) is 13.4 Å². The Kier molecular flexibility index (Phi) is 5.91. The zero-order valence-electron chi connectivity index (χ0n) is 13.3. The Morgan fingerprint density at radius 1 is 1.46 bits per heavy atom. The Hall–Kier alpha value is -2.97. The predicted molar refractivity (Wildman–Crippen MR) is 92.3 cm³/mol. The fourth-order valence-electron chi connectivity index (χ4n) is 2.02. The Labute approximate surface area is 153 Å². The highest BCUT2D eigenvalue weighted by Crippen LogP contribution is 2.27. The van der Waals surface area contributed by atoms with Gasteiger partial charge < -0.3 is 4.74 Å². The second-order valence-corrected chi connectivity index (χ2v) is 7.09. The summed E-state index contributed by atoms with van der Waals surface area (Å²) in [6, 6.07) is 5.57. The number of hydrogen-bond acceptors (Lipinski definition) is 8. The maximum absolute atomic E-state index is 12.4. The van der Waals surface area contributed by atoms with Crippen LogP contribution in [0.1, 0.15) is 11.4 Å². The molecule has 0 unspecified atom stereocenters. The highest BCUT2D eigenvalue weighted by atomic mass is 35.5. The molecule has 0 aliphatic rings. The van der Waals surface area contributed by atoms with Crippen molar-refractivity contribution in [1.82, 2.24) is 9.97 Å². The largest absolute Gasteiger partial charge is 0.479 e. The standard InChI is InChI=1S/C14H12ClN5O5S/c1-25-14-11(7-17-13(18-14)4-5-16)19-26(23,24)8-9-2-3-10(15)6-12(9)20(21)22/h2-3,6-7,19H,4,8H2,1H3. The van der Waals surface area contributed by atoms with Gasteiger partial charge in [-0.05, 0) is 12.1 Å². The number of nitro benzene ring substituents is 1. The van der Waals surface area contributed by atoms with Gasteiger partial charge in [0.1, 0.15) is 17.3 Å². The number of sulfonamides is 1. The third-order valence-electron chi connectivity index (χ3n) is 3.09. The maximum Gasteiger partial charge on any atom is 0.275 e. The van der Waals surface area contributed by atoms with E-state index < -0.39 is 26.4 Å². The molecule has 0 saturated carbocycles. The lowest BCUT2D eigenvalue weighted by molar-refractivity contribution is -0.385. The lowest BCUT2D eigenvalue weighted by atomic mass is 10.2. The fourth-order valence-corrected chi connectivity index (χ4v) is 3.39. The van der Waals surface area contributed by atoms with Crippen molar-refractivity contribution in [3.63, 3.8) is 0 Å². The molecule has 0 fully saturated rings. The fraction of sp³-hybridized carbons (Fsp3) is 0.214. The van der Waals surface area contributed by atoms with Gasteiger partial charge in [0.05, 0.1) is 30.7 Å². The molecule has 1 aromatic carbocycles. The SMILES string of the molecule is COc1nc(CC#N)ncc1NS(=O)(=O)Cc1ccc(Cl)cc1[N+](=O)[O-]. The first-order chi connectivity index (χ1) is 12.3. The number of aromatic nitrogens is 2. The van der Waals surface area contributed by atoms with Crippen LogP contribution in [0.25, 0.3) is 0 Å². The monoisotopic (exact) mass is 397 g/mol. The lowest BCUT2D eigenvalue weighted by Crippen LogP contribution is -2.17. The highest BCUT2D eigenvalue weighted by Gasteiger charge is 2.22. The van der Waals surface area contributed by atoms with Gasteiger partial charge in [0.2, 0.25) is 15.9 Å². The van der Waals surface area contributed by atoms with E-state index in [9.17, 15) is 18.5 Å². The van der Waals surface area contributed by atoms with E-state index >= 15 is 0 Å². The van der Waals surface area contributed by atoms with E-state index in [0.29, 0.717) is 0 Å². The van der Waals surface area contributed by atoms with E-state index in [1.54, 1.807) is 0 Å². The minimum absolute atomic E-state index is 0.0344. The minimum Gasteiger partial charge on any atom is -0.479 e. The molecule has 26 heavy (non-hydrogen) atoms. The average molecular weight is 398 g/mol. The number of rotatable bonds is 7. The molecule has 12 heteroatoms. The second kappa shape index (κ2) is 7.94. The summed E-state index contributed by atoms with van der Waals surface area (Å²) in [5, 5.41) is 19.8. The summed E-state index contributed by atoms with van der Waals surface area (Å²) in [6.07, 6.45) is 1.09. The Morgan fingerprint density at radius 2 is 2.19 bits per heavy atom. The number of nitrogens with zero attached hydrogens (tertiary/aromatic N) is 4. The quantitative estimate of drug-likeness (QED) is 0.551. The van der Waals surface area contributed by atoms with Gasteiger partial charge in [0.25, 0.3) is 5.69 Å². The molecule has 0 spiro atoms. The molecule has 1 heterocycles. The number of benzene rings is 1. The Morgan fingerprint density at radius 3 is 2.81 bits per heavy atom. The first-order valence-corrected chi connectivity index (χ1v) is 8.99. The summed E-state index contributed by atoms with van der Waals surface area (Å²) in [5.41, 5.74) is -0.492. The van der Waals surface area contributed by atoms with Crippen LogP contribution in [-0.2, 0) is 22.2 Å². The van der Waals surface area contributed by atoms with Crippen LogP contribution in [0.3, 0.4) is 0 Å². The Bertz CT molecular complexity index is 990. The first-order valence-electron chi connectivity index (χ1n) is 6.96. The number of ether oxygens (including phenoxy) is 1.